The maximum Gasteiger partial charge on any atom is 0.257 e. The molecule has 0 saturated carbocycles. The third kappa shape index (κ3) is 2.12. The van der Waals surface area contributed by atoms with Crippen LogP contribution in [0.5, 0.6) is 11.6 Å². The van der Waals surface area contributed by atoms with Crippen LogP contribution in [0.25, 0.3) is 0 Å². The van der Waals surface area contributed by atoms with E-state index >= 15 is 0 Å². The van der Waals surface area contributed by atoms with Crippen LogP contribution in [0, 0.1) is 0 Å². The molecule has 0 aliphatic heterocycles. The fourth-order valence-corrected chi connectivity index (χ4v) is 1.04. The van der Waals surface area contributed by atoms with E-state index in [2.05, 4.69) is 4.98 Å². The summed E-state index contributed by atoms with van der Waals surface area (Å²) in [5.41, 5.74) is 6.17. The molecule has 78 valence electrons. The van der Waals surface area contributed by atoms with Crippen LogP contribution in [-0.2, 0) is 0 Å². The van der Waals surface area contributed by atoms with Gasteiger partial charge in [0.25, 0.3) is 5.88 Å². The van der Waals surface area contributed by atoms with Crippen LogP contribution in [0.2, 0.25) is 0 Å². The van der Waals surface area contributed by atoms with Gasteiger partial charge < -0.3 is 20.3 Å². The number of rotatable bonds is 4. The molecule has 3 N–H and O–H groups in total. The number of aromatic nitrogens is 1. The summed E-state index contributed by atoms with van der Waals surface area (Å²) < 4.78 is 10.0. The zero-order valence-corrected chi connectivity index (χ0v) is 8.23. The molecule has 0 aliphatic rings. The second kappa shape index (κ2) is 4.78. The Labute approximate surface area is 82.5 Å². The highest BCUT2D eigenvalue weighted by Gasteiger charge is 2.10. The lowest BCUT2D eigenvalue weighted by molar-refractivity contribution is 0.264. The molecule has 1 aromatic heterocycles. The summed E-state index contributed by atoms with van der Waals surface area (Å²) in [5, 5.41) is 8.84. The van der Waals surface area contributed by atoms with E-state index in [0.29, 0.717) is 17.3 Å². The maximum absolute atomic E-state index is 8.84. The SMILES string of the molecule is COc1ccc(C(N)CO)nc1OC. The van der Waals surface area contributed by atoms with E-state index in [9.17, 15) is 0 Å². The van der Waals surface area contributed by atoms with Gasteiger partial charge >= 0.3 is 0 Å². The van der Waals surface area contributed by atoms with E-state index in [1.807, 2.05) is 0 Å². The Hall–Kier alpha value is -1.33. The van der Waals surface area contributed by atoms with Gasteiger partial charge in [0.05, 0.1) is 32.6 Å². The predicted octanol–water partition coefficient (Wildman–Crippen LogP) is 0.0909. The zero-order valence-electron chi connectivity index (χ0n) is 8.23. The predicted molar refractivity (Wildman–Crippen MR) is 51.4 cm³/mol. The molecule has 0 aliphatic carbocycles. The van der Waals surface area contributed by atoms with Gasteiger partial charge in [-0.05, 0) is 12.1 Å². The molecule has 14 heavy (non-hydrogen) atoms. The smallest absolute Gasteiger partial charge is 0.257 e. The van der Waals surface area contributed by atoms with Gasteiger partial charge in [-0.15, -0.1) is 0 Å². The first-order valence-corrected chi connectivity index (χ1v) is 4.18. The Balaban J connectivity index is 3.01. The first-order valence-electron chi connectivity index (χ1n) is 4.18. The Morgan fingerprint density at radius 2 is 2.14 bits per heavy atom. The number of nitrogens with two attached hydrogens (primary N) is 1. The van der Waals surface area contributed by atoms with Crippen LogP contribution in [0.15, 0.2) is 12.1 Å². The summed E-state index contributed by atoms with van der Waals surface area (Å²) in [7, 11) is 3.03. The monoisotopic (exact) mass is 198 g/mol. The summed E-state index contributed by atoms with van der Waals surface area (Å²) in [4.78, 5) is 4.10. The quantitative estimate of drug-likeness (QED) is 0.717. The van der Waals surface area contributed by atoms with Crippen LogP contribution in [0.4, 0.5) is 0 Å². The van der Waals surface area contributed by atoms with Crippen molar-refractivity contribution in [3.05, 3.63) is 17.8 Å². The van der Waals surface area contributed by atoms with E-state index in [4.69, 9.17) is 20.3 Å². The van der Waals surface area contributed by atoms with E-state index < -0.39 is 6.04 Å². The van der Waals surface area contributed by atoms with Crippen LogP contribution >= 0.6 is 0 Å². The summed E-state index contributed by atoms with van der Waals surface area (Å²) >= 11 is 0. The minimum atomic E-state index is -0.491. The molecule has 0 bridgehead atoms. The third-order valence-corrected chi connectivity index (χ3v) is 1.84. The average Bonchev–Trinajstić information content (AvgIpc) is 2.26. The van der Waals surface area contributed by atoms with Crippen molar-refractivity contribution in [2.24, 2.45) is 5.73 Å². The molecule has 0 aromatic carbocycles. The van der Waals surface area contributed by atoms with Crippen molar-refractivity contribution in [3.63, 3.8) is 0 Å². The van der Waals surface area contributed by atoms with Gasteiger partial charge in [0.15, 0.2) is 5.75 Å². The zero-order chi connectivity index (χ0) is 10.6. The third-order valence-electron chi connectivity index (χ3n) is 1.84. The standard InChI is InChI=1S/C9H14N2O3/c1-13-8-4-3-7(6(10)5-12)11-9(8)14-2/h3-4,6,12H,5,10H2,1-2H3. The topological polar surface area (TPSA) is 77.6 Å². The lowest BCUT2D eigenvalue weighted by Crippen LogP contribution is -2.16. The molecule has 1 heterocycles. The highest BCUT2D eigenvalue weighted by atomic mass is 16.5. The number of aliphatic hydroxyl groups excluding tert-OH is 1. The minimum absolute atomic E-state index is 0.150. The molecule has 5 heteroatoms. The normalized spacial score (nSPS) is 12.3. The van der Waals surface area contributed by atoms with Crippen molar-refractivity contribution in [1.82, 2.24) is 4.98 Å². The number of hydrogen-bond donors (Lipinski definition) is 2. The molecule has 0 amide bonds. The van der Waals surface area contributed by atoms with Gasteiger partial charge in [0, 0.05) is 0 Å². The fraction of sp³-hybridized carbons (Fsp3) is 0.444. The molecular weight excluding hydrogens is 184 g/mol. The van der Waals surface area contributed by atoms with Crippen LogP contribution < -0.4 is 15.2 Å². The number of aliphatic hydroxyl groups is 1. The van der Waals surface area contributed by atoms with Crippen molar-refractivity contribution in [3.8, 4) is 11.6 Å². The molecule has 1 aromatic rings. The fourth-order valence-electron chi connectivity index (χ4n) is 1.04. The lowest BCUT2D eigenvalue weighted by atomic mass is 10.2. The van der Waals surface area contributed by atoms with Crippen molar-refractivity contribution < 1.29 is 14.6 Å². The lowest BCUT2D eigenvalue weighted by Gasteiger charge is -2.11. The van der Waals surface area contributed by atoms with E-state index in [1.54, 1.807) is 12.1 Å². The minimum Gasteiger partial charge on any atom is -0.491 e. The van der Waals surface area contributed by atoms with Crippen molar-refractivity contribution in [1.29, 1.82) is 0 Å². The second-order valence-corrected chi connectivity index (χ2v) is 2.74. The van der Waals surface area contributed by atoms with Crippen molar-refractivity contribution in [2.75, 3.05) is 20.8 Å². The van der Waals surface area contributed by atoms with Gasteiger partial charge in [-0.2, -0.15) is 0 Å². The van der Waals surface area contributed by atoms with E-state index in [1.165, 1.54) is 14.2 Å². The number of hydrogen-bond acceptors (Lipinski definition) is 5. The first kappa shape index (κ1) is 10.7. The average molecular weight is 198 g/mol. The molecule has 0 saturated heterocycles. The number of methoxy groups -OCH3 is 2. The Kier molecular flexibility index (Phi) is 3.67. The molecular formula is C9H14N2O3. The van der Waals surface area contributed by atoms with Gasteiger partial charge in [0.1, 0.15) is 0 Å². The summed E-state index contributed by atoms with van der Waals surface area (Å²) in [5.74, 6) is 0.912. The molecule has 1 unspecified atom stereocenters. The van der Waals surface area contributed by atoms with Gasteiger partial charge in [-0.25, -0.2) is 4.98 Å². The summed E-state index contributed by atoms with van der Waals surface area (Å²) in [6, 6.07) is 2.91. The molecule has 0 spiro atoms. The van der Waals surface area contributed by atoms with Crippen molar-refractivity contribution >= 4 is 0 Å². The Morgan fingerprint density at radius 3 is 2.64 bits per heavy atom. The van der Waals surface area contributed by atoms with Crippen LogP contribution in [-0.4, -0.2) is 30.9 Å². The highest BCUT2D eigenvalue weighted by molar-refractivity contribution is 5.35. The maximum atomic E-state index is 8.84. The Bertz CT molecular complexity index is 304. The largest absolute Gasteiger partial charge is 0.491 e. The summed E-state index contributed by atoms with van der Waals surface area (Å²) in [6.07, 6.45) is 0. The van der Waals surface area contributed by atoms with E-state index in [0.717, 1.165) is 0 Å². The van der Waals surface area contributed by atoms with Gasteiger partial charge in [-0.3, -0.25) is 0 Å². The molecule has 1 rings (SSSR count). The number of pyridine rings is 1. The first-order chi connectivity index (χ1) is 6.72. The van der Waals surface area contributed by atoms with Gasteiger partial charge in [0.2, 0.25) is 0 Å². The highest BCUT2D eigenvalue weighted by Crippen LogP contribution is 2.25. The Morgan fingerprint density at radius 1 is 1.43 bits per heavy atom. The number of nitrogens with zero attached hydrogens (tertiary/aromatic N) is 1. The summed E-state index contributed by atoms with van der Waals surface area (Å²) in [6.45, 7) is -0.150. The van der Waals surface area contributed by atoms with Crippen LogP contribution in [0.3, 0.4) is 0 Å². The number of ether oxygens (including phenoxy) is 2. The van der Waals surface area contributed by atoms with Gasteiger partial charge in [-0.1, -0.05) is 0 Å². The van der Waals surface area contributed by atoms with Crippen molar-refractivity contribution in [2.45, 2.75) is 6.04 Å². The van der Waals surface area contributed by atoms with E-state index in [-0.39, 0.29) is 6.61 Å². The molecule has 1 atom stereocenters. The van der Waals surface area contributed by atoms with Crippen LogP contribution in [0.1, 0.15) is 11.7 Å². The molecule has 0 radical (unpaired) electrons. The second-order valence-electron chi connectivity index (χ2n) is 2.74. The molecule has 0 fully saturated rings. The molecule has 5 nitrogen and oxygen atoms in total.